The third kappa shape index (κ3) is 3.88. The summed E-state index contributed by atoms with van der Waals surface area (Å²) in [6.45, 7) is 1.51. The number of carbonyl (C=O) groups excluding carboxylic acids is 2. The second kappa shape index (κ2) is 8.33. The molecule has 0 radical (unpaired) electrons. The van der Waals surface area contributed by atoms with Crippen LogP contribution in [0.15, 0.2) is 40.4 Å². The highest BCUT2D eigenvalue weighted by Gasteiger charge is 2.34. The molecule has 2 rings (SSSR count). The van der Waals surface area contributed by atoms with E-state index in [1.54, 1.807) is 25.1 Å². The first-order valence-corrected chi connectivity index (χ1v) is 9.59. The highest BCUT2D eigenvalue weighted by atomic mass is 32.2. The summed E-state index contributed by atoms with van der Waals surface area (Å²) in [7, 11) is -1.22. The van der Waals surface area contributed by atoms with Crippen molar-refractivity contribution in [2.45, 2.75) is 18.2 Å². The maximum absolute atomic E-state index is 12.6. The van der Waals surface area contributed by atoms with E-state index in [0.717, 1.165) is 0 Å². The number of para-hydroxylation sites is 1. The highest BCUT2D eigenvalue weighted by Crippen LogP contribution is 2.32. The second-order valence-electron chi connectivity index (χ2n) is 5.50. The molecule has 1 aliphatic rings. The van der Waals surface area contributed by atoms with Gasteiger partial charge in [0.15, 0.2) is 9.84 Å². The van der Waals surface area contributed by atoms with Gasteiger partial charge < -0.3 is 19.1 Å². The van der Waals surface area contributed by atoms with Gasteiger partial charge in [0.2, 0.25) is 0 Å². The molecule has 0 N–H and O–H groups in total. The number of sulfone groups is 1. The first kappa shape index (κ1) is 19.9. The van der Waals surface area contributed by atoms with E-state index < -0.39 is 21.8 Å². The van der Waals surface area contributed by atoms with Crippen molar-refractivity contribution in [1.29, 1.82) is 0 Å². The average molecular weight is 383 g/mol. The summed E-state index contributed by atoms with van der Waals surface area (Å²) in [5.74, 6) is -1.57. The van der Waals surface area contributed by atoms with Crippen LogP contribution in [0.3, 0.4) is 0 Å². The maximum atomic E-state index is 12.6. The average Bonchev–Trinajstić information content (AvgIpc) is 2.66. The predicted molar refractivity (Wildman–Crippen MR) is 93.1 cm³/mol. The topological polar surface area (TPSA) is 99.2 Å². The predicted octanol–water partition coefficient (Wildman–Crippen LogP) is 1.26. The molecule has 0 atom stereocenters. The summed E-state index contributed by atoms with van der Waals surface area (Å²) in [4.78, 5) is 25.8. The molecule has 9 heteroatoms. The number of benzene rings is 1. The Bertz CT molecular complexity index is 829. The summed E-state index contributed by atoms with van der Waals surface area (Å²) in [5, 5.41) is 0. The molecular weight excluding hydrogens is 362 g/mol. The molecule has 1 heterocycles. The second-order valence-corrected chi connectivity index (χ2v) is 7.58. The maximum Gasteiger partial charge on any atom is 0.355 e. The van der Waals surface area contributed by atoms with Gasteiger partial charge in [-0.25, -0.2) is 18.0 Å². The zero-order valence-electron chi connectivity index (χ0n) is 14.9. The highest BCUT2D eigenvalue weighted by molar-refractivity contribution is 7.91. The number of hydrogen-bond acceptors (Lipinski definition) is 8. The van der Waals surface area contributed by atoms with Gasteiger partial charge in [0.05, 0.1) is 42.7 Å². The van der Waals surface area contributed by atoms with Gasteiger partial charge in [0.1, 0.15) is 12.4 Å². The van der Waals surface area contributed by atoms with Crippen molar-refractivity contribution in [3.8, 4) is 0 Å². The van der Waals surface area contributed by atoms with Gasteiger partial charge in [-0.15, -0.1) is 0 Å². The summed E-state index contributed by atoms with van der Waals surface area (Å²) < 4.78 is 40.1. The minimum atomic E-state index is -3.58. The summed E-state index contributed by atoms with van der Waals surface area (Å²) >= 11 is 0. The molecule has 0 fully saturated rings. The number of carbonyl (C=O) groups is 2. The zero-order valence-corrected chi connectivity index (χ0v) is 15.7. The number of ether oxygens (including phenoxy) is 3. The van der Waals surface area contributed by atoms with Crippen molar-refractivity contribution >= 4 is 27.5 Å². The van der Waals surface area contributed by atoms with E-state index in [2.05, 4.69) is 0 Å². The minimum Gasteiger partial charge on any atom is -0.466 e. The van der Waals surface area contributed by atoms with Crippen LogP contribution in [0, 0.1) is 0 Å². The Morgan fingerprint density at radius 1 is 1.15 bits per heavy atom. The summed E-state index contributed by atoms with van der Waals surface area (Å²) in [6.07, 6.45) is 0.445. The van der Waals surface area contributed by atoms with Crippen molar-refractivity contribution < 1.29 is 32.2 Å². The number of nitrogens with zero attached hydrogens (tertiary/aromatic N) is 1. The minimum absolute atomic E-state index is 0.0340. The van der Waals surface area contributed by atoms with Crippen molar-refractivity contribution in [1.82, 2.24) is 0 Å². The molecule has 0 amide bonds. The van der Waals surface area contributed by atoms with E-state index in [1.807, 2.05) is 0 Å². The number of rotatable bonds is 6. The van der Waals surface area contributed by atoms with Gasteiger partial charge in [0.25, 0.3) is 0 Å². The van der Waals surface area contributed by atoms with Gasteiger partial charge >= 0.3 is 11.9 Å². The summed E-state index contributed by atoms with van der Waals surface area (Å²) in [6, 6.07) is 6.25. The smallest absolute Gasteiger partial charge is 0.355 e. The third-order valence-electron chi connectivity index (χ3n) is 3.80. The van der Waals surface area contributed by atoms with Crippen molar-refractivity contribution in [3.63, 3.8) is 0 Å². The van der Waals surface area contributed by atoms with Crippen LogP contribution in [0.1, 0.15) is 13.3 Å². The molecule has 0 unspecified atom stereocenters. The van der Waals surface area contributed by atoms with E-state index in [-0.39, 0.29) is 40.9 Å². The number of anilines is 1. The van der Waals surface area contributed by atoms with Crippen molar-refractivity contribution in [2.75, 3.05) is 38.2 Å². The Hall–Kier alpha value is -2.39. The molecular formula is C17H21NO7S. The van der Waals surface area contributed by atoms with Crippen LogP contribution in [-0.2, 0) is 33.6 Å². The summed E-state index contributed by atoms with van der Waals surface area (Å²) in [5.41, 5.74) is 0.112. The van der Waals surface area contributed by atoms with Gasteiger partial charge in [-0.2, -0.15) is 0 Å². The Morgan fingerprint density at radius 3 is 2.42 bits per heavy atom. The van der Waals surface area contributed by atoms with Crippen LogP contribution in [0.4, 0.5) is 5.69 Å². The number of methoxy groups -OCH3 is 2. The van der Waals surface area contributed by atoms with E-state index in [4.69, 9.17) is 14.2 Å². The van der Waals surface area contributed by atoms with E-state index in [9.17, 15) is 18.0 Å². The lowest BCUT2D eigenvalue weighted by atomic mass is 10.1. The molecule has 8 nitrogen and oxygen atoms in total. The fourth-order valence-corrected chi connectivity index (χ4v) is 4.20. The van der Waals surface area contributed by atoms with E-state index in [1.165, 1.54) is 25.2 Å². The standard InChI is InChI=1S/C17H21NO7S/c1-4-9-26(21,22)14-8-6-5-7-13(14)18-11-25-10-12(16(19)23-2)15(18)17(20)24-3/h5-8H,4,9-11H2,1-3H3. The lowest BCUT2D eigenvalue weighted by Gasteiger charge is -2.32. The van der Waals surface area contributed by atoms with E-state index in [0.29, 0.717) is 6.42 Å². The zero-order chi connectivity index (χ0) is 19.3. The molecule has 0 saturated carbocycles. The lowest BCUT2D eigenvalue weighted by molar-refractivity contribution is -0.140. The molecule has 0 bridgehead atoms. The lowest BCUT2D eigenvalue weighted by Crippen LogP contribution is -2.39. The molecule has 1 aromatic rings. The largest absolute Gasteiger partial charge is 0.466 e. The van der Waals surface area contributed by atoms with Crippen molar-refractivity contribution in [2.24, 2.45) is 0 Å². The van der Waals surface area contributed by atoms with Crippen LogP contribution in [-0.4, -0.2) is 53.7 Å². The molecule has 0 aromatic heterocycles. The molecule has 1 aromatic carbocycles. The van der Waals surface area contributed by atoms with Crippen LogP contribution in [0.25, 0.3) is 0 Å². The molecule has 0 spiro atoms. The van der Waals surface area contributed by atoms with Gasteiger partial charge in [-0.3, -0.25) is 0 Å². The molecule has 1 aliphatic heterocycles. The van der Waals surface area contributed by atoms with Crippen LogP contribution >= 0.6 is 0 Å². The first-order chi connectivity index (χ1) is 12.4. The molecule has 142 valence electrons. The normalized spacial score (nSPS) is 15.0. The van der Waals surface area contributed by atoms with E-state index >= 15 is 0 Å². The van der Waals surface area contributed by atoms with Gasteiger partial charge in [-0.1, -0.05) is 19.1 Å². The molecule has 0 saturated heterocycles. The van der Waals surface area contributed by atoms with Crippen LogP contribution in [0.2, 0.25) is 0 Å². The number of hydrogen-bond donors (Lipinski definition) is 0. The van der Waals surface area contributed by atoms with Crippen LogP contribution in [0.5, 0.6) is 0 Å². The Labute approximate surface area is 152 Å². The fourth-order valence-electron chi connectivity index (χ4n) is 2.66. The number of esters is 2. The third-order valence-corrected chi connectivity index (χ3v) is 5.76. The first-order valence-electron chi connectivity index (χ1n) is 7.94. The van der Waals surface area contributed by atoms with Crippen molar-refractivity contribution in [3.05, 3.63) is 35.5 Å². The molecule has 0 aliphatic carbocycles. The SMILES string of the molecule is CCCS(=O)(=O)c1ccccc1N1COCC(C(=O)OC)=C1C(=O)OC. The Kier molecular flexibility index (Phi) is 6.38. The van der Waals surface area contributed by atoms with Crippen LogP contribution < -0.4 is 4.90 Å². The quantitative estimate of drug-likeness (QED) is 0.677. The fraction of sp³-hybridized carbons (Fsp3) is 0.412. The Balaban J connectivity index is 2.67. The van der Waals surface area contributed by atoms with Gasteiger partial charge in [0, 0.05) is 0 Å². The Morgan fingerprint density at radius 2 is 1.81 bits per heavy atom. The molecule has 26 heavy (non-hydrogen) atoms. The van der Waals surface area contributed by atoms with Gasteiger partial charge in [-0.05, 0) is 18.6 Å². The monoisotopic (exact) mass is 383 g/mol.